The fraction of sp³-hybridized carbons (Fsp3) is 0.500. The molecule has 0 radical (unpaired) electrons. The Kier molecular flexibility index (Phi) is 2.97. The Hall–Kier alpha value is -1.34. The van der Waals surface area contributed by atoms with Crippen LogP contribution in [-0.4, -0.2) is 5.91 Å². The van der Waals surface area contributed by atoms with E-state index in [4.69, 9.17) is 5.26 Å². The molecule has 2 rings (SSSR count). The predicted octanol–water partition coefficient (Wildman–Crippen LogP) is 2.37. The van der Waals surface area contributed by atoms with Crippen molar-refractivity contribution in [3.63, 3.8) is 0 Å². The van der Waals surface area contributed by atoms with Gasteiger partial charge in [0.2, 0.25) is 5.91 Å². The van der Waals surface area contributed by atoms with Crippen LogP contribution in [0.2, 0.25) is 0 Å². The van der Waals surface area contributed by atoms with Gasteiger partial charge in [-0.25, -0.2) is 0 Å². The zero-order valence-electron chi connectivity index (χ0n) is 9.25. The molecule has 1 heterocycles. The maximum atomic E-state index is 11.9. The number of nitrogens with zero attached hydrogens (tertiary/aromatic N) is 1. The van der Waals surface area contributed by atoms with Crippen molar-refractivity contribution in [2.45, 2.75) is 32.7 Å². The van der Waals surface area contributed by atoms with Gasteiger partial charge in [0.25, 0.3) is 0 Å². The minimum atomic E-state index is -0.731. The Bertz CT molecular complexity index is 440. The summed E-state index contributed by atoms with van der Waals surface area (Å²) in [5.74, 6) is -0.103. The minimum Gasteiger partial charge on any atom is -0.350 e. The molecule has 0 aliphatic heterocycles. The molecule has 0 aromatic carbocycles. The molecule has 0 atom stereocenters. The molecule has 84 valence electrons. The topological polar surface area (TPSA) is 52.9 Å². The average molecular weight is 234 g/mol. The van der Waals surface area contributed by atoms with Crippen molar-refractivity contribution in [3.8, 4) is 6.07 Å². The average Bonchev–Trinajstić information content (AvgIpc) is 2.60. The summed E-state index contributed by atoms with van der Waals surface area (Å²) in [6.45, 7) is 2.58. The van der Waals surface area contributed by atoms with Crippen LogP contribution in [0.4, 0.5) is 0 Å². The smallest absolute Gasteiger partial charge is 0.240 e. The highest BCUT2D eigenvalue weighted by Crippen LogP contribution is 2.40. The molecule has 0 bridgehead atoms. The Labute approximate surface area is 99.1 Å². The number of hydrogen-bond acceptors (Lipinski definition) is 3. The van der Waals surface area contributed by atoms with Crippen molar-refractivity contribution in [1.82, 2.24) is 5.32 Å². The second-order valence-corrected chi connectivity index (χ2v) is 5.26. The van der Waals surface area contributed by atoms with E-state index < -0.39 is 5.41 Å². The standard InChI is InChI=1S/C12H14N2OS/c1-9-3-6-16-10(9)7-14-11(15)12(8-13)4-2-5-12/h3,6H,2,4-5,7H2,1H3,(H,14,15). The van der Waals surface area contributed by atoms with Gasteiger partial charge in [-0.3, -0.25) is 4.79 Å². The summed E-state index contributed by atoms with van der Waals surface area (Å²) in [7, 11) is 0. The third-order valence-corrected chi connectivity index (χ3v) is 4.26. The van der Waals surface area contributed by atoms with Crippen molar-refractivity contribution in [3.05, 3.63) is 21.9 Å². The monoisotopic (exact) mass is 234 g/mol. The van der Waals surface area contributed by atoms with Crippen molar-refractivity contribution in [2.24, 2.45) is 5.41 Å². The van der Waals surface area contributed by atoms with Crippen LogP contribution in [0.1, 0.15) is 29.7 Å². The second-order valence-electron chi connectivity index (χ2n) is 4.26. The molecule has 1 aromatic heterocycles. The van der Waals surface area contributed by atoms with Crippen molar-refractivity contribution in [1.29, 1.82) is 5.26 Å². The van der Waals surface area contributed by atoms with Gasteiger partial charge in [0.15, 0.2) is 0 Å². The minimum absolute atomic E-state index is 0.103. The Morgan fingerprint density at radius 2 is 2.44 bits per heavy atom. The zero-order chi connectivity index (χ0) is 11.6. The van der Waals surface area contributed by atoms with E-state index in [2.05, 4.69) is 11.4 Å². The van der Waals surface area contributed by atoms with E-state index >= 15 is 0 Å². The summed E-state index contributed by atoms with van der Waals surface area (Å²) >= 11 is 1.64. The van der Waals surface area contributed by atoms with E-state index in [0.29, 0.717) is 19.4 Å². The number of rotatable bonds is 3. The van der Waals surface area contributed by atoms with Crippen LogP contribution in [0.3, 0.4) is 0 Å². The fourth-order valence-corrected chi connectivity index (χ4v) is 2.68. The van der Waals surface area contributed by atoms with Crippen molar-refractivity contribution in [2.75, 3.05) is 0 Å². The van der Waals surface area contributed by atoms with Crippen LogP contribution in [-0.2, 0) is 11.3 Å². The molecule has 3 nitrogen and oxygen atoms in total. The highest BCUT2D eigenvalue weighted by Gasteiger charge is 2.44. The lowest BCUT2D eigenvalue weighted by Crippen LogP contribution is -2.44. The summed E-state index contributed by atoms with van der Waals surface area (Å²) in [6, 6.07) is 4.19. The first kappa shape index (κ1) is 11.2. The first-order valence-electron chi connectivity index (χ1n) is 5.40. The maximum Gasteiger partial charge on any atom is 0.240 e. The lowest BCUT2D eigenvalue weighted by molar-refractivity contribution is -0.131. The van der Waals surface area contributed by atoms with Gasteiger partial charge in [-0.05, 0) is 43.2 Å². The van der Waals surface area contributed by atoms with Crippen LogP contribution in [0.15, 0.2) is 11.4 Å². The zero-order valence-corrected chi connectivity index (χ0v) is 10.1. The summed E-state index contributed by atoms with van der Waals surface area (Å²) in [5, 5.41) is 13.9. The van der Waals surface area contributed by atoms with Crippen LogP contribution in [0.25, 0.3) is 0 Å². The van der Waals surface area contributed by atoms with E-state index in [9.17, 15) is 4.79 Å². The quantitative estimate of drug-likeness (QED) is 0.873. The summed E-state index contributed by atoms with van der Waals surface area (Å²) in [4.78, 5) is 13.0. The molecule has 1 aromatic rings. The molecule has 1 amide bonds. The Morgan fingerprint density at radius 1 is 1.69 bits per heavy atom. The van der Waals surface area contributed by atoms with Crippen LogP contribution >= 0.6 is 11.3 Å². The van der Waals surface area contributed by atoms with Gasteiger partial charge < -0.3 is 5.32 Å². The van der Waals surface area contributed by atoms with Gasteiger partial charge in [-0.15, -0.1) is 11.3 Å². The van der Waals surface area contributed by atoms with Crippen LogP contribution in [0, 0.1) is 23.7 Å². The third kappa shape index (κ3) is 1.83. The normalized spacial score (nSPS) is 17.2. The molecular formula is C12H14N2OS. The SMILES string of the molecule is Cc1ccsc1CNC(=O)C1(C#N)CCC1. The number of nitrogens with one attached hydrogen (secondary N) is 1. The Morgan fingerprint density at radius 3 is 2.88 bits per heavy atom. The molecule has 0 saturated heterocycles. The predicted molar refractivity (Wildman–Crippen MR) is 62.8 cm³/mol. The maximum absolute atomic E-state index is 11.9. The molecule has 1 saturated carbocycles. The molecule has 1 aliphatic rings. The largest absolute Gasteiger partial charge is 0.350 e. The molecule has 0 spiro atoms. The fourth-order valence-electron chi connectivity index (χ4n) is 1.83. The second kappa shape index (κ2) is 4.26. The first-order valence-corrected chi connectivity index (χ1v) is 6.28. The summed E-state index contributed by atoms with van der Waals surface area (Å²) in [6.07, 6.45) is 2.40. The van der Waals surface area contributed by atoms with Gasteiger partial charge >= 0.3 is 0 Å². The van der Waals surface area contributed by atoms with Gasteiger partial charge in [0.05, 0.1) is 12.6 Å². The van der Waals surface area contributed by atoms with Gasteiger partial charge in [-0.1, -0.05) is 0 Å². The molecular weight excluding hydrogens is 220 g/mol. The number of carbonyl (C=O) groups is 1. The van der Waals surface area contributed by atoms with Gasteiger partial charge in [0.1, 0.15) is 5.41 Å². The number of hydrogen-bond donors (Lipinski definition) is 1. The van der Waals surface area contributed by atoms with Crippen molar-refractivity contribution < 1.29 is 4.79 Å². The van der Waals surface area contributed by atoms with Gasteiger partial charge in [-0.2, -0.15) is 5.26 Å². The highest BCUT2D eigenvalue weighted by atomic mass is 32.1. The van der Waals surface area contributed by atoms with E-state index in [1.54, 1.807) is 11.3 Å². The van der Waals surface area contributed by atoms with Crippen LogP contribution in [0.5, 0.6) is 0 Å². The molecule has 4 heteroatoms. The lowest BCUT2D eigenvalue weighted by atomic mass is 9.69. The molecule has 1 N–H and O–H groups in total. The van der Waals surface area contributed by atoms with Crippen molar-refractivity contribution >= 4 is 17.2 Å². The molecule has 16 heavy (non-hydrogen) atoms. The number of thiophene rings is 1. The number of nitriles is 1. The van der Waals surface area contributed by atoms with Crippen LogP contribution < -0.4 is 5.32 Å². The summed E-state index contributed by atoms with van der Waals surface area (Å²) in [5.41, 5.74) is 0.468. The molecule has 1 aliphatic carbocycles. The van der Waals surface area contributed by atoms with E-state index in [-0.39, 0.29) is 5.91 Å². The molecule has 1 fully saturated rings. The lowest BCUT2D eigenvalue weighted by Gasteiger charge is -2.33. The molecule has 0 unspecified atom stereocenters. The van der Waals surface area contributed by atoms with E-state index in [0.717, 1.165) is 6.42 Å². The number of carbonyl (C=O) groups excluding carboxylic acids is 1. The third-order valence-electron chi connectivity index (χ3n) is 3.23. The van der Waals surface area contributed by atoms with Gasteiger partial charge in [0, 0.05) is 4.88 Å². The number of aryl methyl sites for hydroxylation is 1. The Balaban J connectivity index is 1.94. The van der Waals surface area contributed by atoms with E-state index in [1.165, 1.54) is 10.4 Å². The first-order chi connectivity index (χ1) is 7.68. The highest BCUT2D eigenvalue weighted by molar-refractivity contribution is 7.10. The number of amides is 1. The summed E-state index contributed by atoms with van der Waals surface area (Å²) < 4.78 is 0. The van der Waals surface area contributed by atoms with E-state index in [1.807, 2.05) is 18.4 Å².